The van der Waals surface area contributed by atoms with Crippen LogP contribution in [0.25, 0.3) is 0 Å². The predicted molar refractivity (Wildman–Crippen MR) is 79.6 cm³/mol. The molecule has 0 aromatic heterocycles. The third-order valence-electron chi connectivity index (χ3n) is 2.83. The molecule has 0 aliphatic carbocycles. The summed E-state index contributed by atoms with van der Waals surface area (Å²) in [6.45, 7) is 2.44. The highest BCUT2D eigenvalue weighted by Gasteiger charge is 2.12. The van der Waals surface area contributed by atoms with Gasteiger partial charge in [0.2, 0.25) is 0 Å². The van der Waals surface area contributed by atoms with Gasteiger partial charge in [0.15, 0.2) is 5.78 Å². The fourth-order valence-electron chi connectivity index (χ4n) is 1.78. The van der Waals surface area contributed by atoms with Crippen molar-refractivity contribution in [2.45, 2.75) is 11.8 Å². The Bertz CT molecular complexity index is 636. The molecule has 0 saturated heterocycles. The van der Waals surface area contributed by atoms with Gasteiger partial charge in [0.25, 0.3) is 0 Å². The average Bonchev–Trinajstić information content (AvgIpc) is 2.49. The van der Waals surface area contributed by atoms with Crippen LogP contribution >= 0.6 is 0 Å². The number of halogens is 1. The number of hydrogen-bond acceptors (Lipinski definition) is 3. The summed E-state index contributed by atoms with van der Waals surface area (Å²) in [6.07, 6.45) is 0. The number of hydrogen-bond donors (Lipinski definition) is 0. The zero-order chi connectivity index (χ0) is 15.2. The van der Waals surface area contributed by atoms with Crippen molar-refractivity contribution in [3.8, 4) is 5.75 Å². The van der Waals surface area contributed by atoms with Crippen molar-refractivity contribution in [1.82, 2.24) is 0 Å². The summed E-state index contributed by atoms with van der Waals surface area (Å²) in [5.74, 6) is -0.0532. The molecule has 2 aromatic carbocycles. The maximum Gasteiger partial charge on any atom is 0.175 e. The molecule has 0 saturated carbocycles. The average molecular weight is 306 g/mol. The van der Waals surface area contributed by atoms with Gasteiger partial charge in [0.1, 0.15) is 11.6 Å². The van der Waals surface area contributed by atoms with Crippen molar-refractivity contribution in [3.63, 3.8) is 0 Å². The van der Waals surface area contributed by atoms with Crippen LogP contribution in [-0.2, 0) is 10.8 Å². The van der Waals surface area contributed by atoms with Crippen LogP contribution in [0.15, 0.2) is 53.4 Å². The first-order valence-electron chi connectivity index (χ1n) is 6.50. The standard InChI is InChI=1S/C16H15FO3S/c1-2-20-14-7-3-12(4-8-14)16(18)11-21(19)15-9-5-13(17)6-10-15/h3-10H,2,11H2,1H3. The molecule has 0 N–H and O–H groups in total. The molecule has 21 heavy (non-hydrogen) atoms. The van der Waals surface area contributed by atoms with E-state index < -0.39 is 16.6 Å². The van der Waals surface area contributed by atoms with Crippen molar-refractivity contribution in [2.75, 3.05) is 12.4 Å². The zero-order valence-corrected chi connectivity index (χ0v) is 12.4. The lowest BCUT2D eigenvalue weighted by Crippen LogP contribution is -2.11. The molecule has 3 nitrogen and oxygen atoms in total. The molecule has 2 rings (SSSR count). The summed E-state index contributed by atoms with van der Waals surface area (Å²) in [5, 5.41) is 0. The molecule has 0 aliphatic heterocycles. The Morgan fingerprint density at radius 1 is 1.10 bits per heavy atom. The number of benzene rings is 2. The molecule has 1 unspecified atom stereocenters. The second-order valence-corrected chi connectivity index (χ2v) is 5.78. The van der Waals surface area contributed by atoms with Crippen LogP contribution < -0.4 is 4.74 Å². The van der Waals surface area contributed by atoms with Crippen molar-refractivity contribution in [1.29, 1.82) is 0 Å². The molecule has 0 spiro atoms. The SMILES string of the molecule is CCOc1ccc(C(=O)CS(=O)c2ccc(F)cc2)cc1. The van der Waals surface area contributed by atoms with E-state index in [9.17, 15) is 13.4 Å². The second-order valence-electron chi connectivity index (χ2n) is 4.32. The Morgan fingerprint density at radius 2 is 1.71 bits per heavy atom. The second kappa shape index (κ2) is 7.13. The van der Waals surface area contributed by atoms with E-state index in [0.717, 1.165) is 0 Å². The highest BCUT2D eigenvalue weighted by atomic mass is 32.2. The maximum absolute atomic E-state index is 12.8. The summed E-state index contributed by atoms with van der Waals surface area (Å²) in [5.41, 5.74) is 0.480. The monoisotopic (exact) mass is 306 g/mol. The molecule has 0 fully saturated rings. The third-order valence-corrected chi connectivity index (χ3v) is 4.15. The lowest BCUT2D eigenvalue weighted by Gasteiger charge is -2.05. The van der Waals surface area contributed by atoms with Gasteiger partial charge in [-0.25, -0.2) is 4.39 Å². The minimum absolute atomic E-state index is 0.125. The molecule has 0 aliphatic rings. The van der Waals surface area contributed by atoms with Gasteiger partial charge in [-0.2, -0.15) is 0 Å². The normalized spacial score (nSPS) is 11.9. The largest absolute Gasteiger partial charge is 0.494 e. The molecule has 5 heteroatoms. The Hall–Kier alpha value is -2.01. The van der Waals surface area contributed by atoms with Crippen LogP contribution in [0.2, 0.25) is 0 Å². The first kappa shape index (κ1) is 15.4. The Morgan fingerprint density at radius 3 is 2.29 bits per heavy atom. The van der Waals surface area contributed by atoms with Crippen molar-refractivity contribution >= 4 is 16.6 Å². The van der Waals surface area contributed by atoms with E-state index >= 15 is 0 Å². The molecule has 0 amide bonds. The Balaban J connectivity index is 2.03. The molecule has 0 heterocycles. The lowest BCUT2D eigenvalue weighted by atomic mass is 10.1. The first-order valence-corrected chi connectivity index (χ1v) is 7.82. The summed E-state index contributed by atoms with van der Waals surface area (Å²) in [4.78, 5) is 12.5. The number of carbonyl (C=O) groups excluding carboxylic acids is 1. The first-order chi connectivity index (χ1) is 10.1. The molecular weight excluding hydrogens is 291 g/mol. The fourth-order valence-corrected chi connectivity index (χ4v) is 2.79. The summed E-state index contributed by atoms with van der Waals surface area (Å²) in [7, 11) is -1.48. The highest BCUT2D eigenvalue weighted by molar-refractivity contribution is 7.85. The molecule has 0 bridgehead atoms. The van der Waals surface area contributed by atoms with Crippen molar-refractivity contribution in [2.24, 2.45) is 0 Å². The smallest absolute Gasteiger partial charge is 0.175 e. The molecule has 110 valence electrons. The number of Topliss-reactive ketones (excluding diaryl/α,β-unsaturated/α-hetero) is 1. The van der Waals surface area contributed by atoms with Gasteiger partial charge < -0.3 is 4.74 Å². The minimum Gasteiger partial charge on any atom is -0.494 e. The summed E-state index contributed by atoms with van der Waals surface area (Å²) < 4.78 is 30.1. The van der Waals surface area contributed by atoms with Crippen molar-refractivity contribution < 1.29 is 18.1 Å². The van der Waals surface area contributed by atoms with E-state index in [1.807, 2.05) is 6.92 Å². The van der Waals surface area contributed by atoms with E-state index in [1.165, 1.54) is 24.3 Å². The van der Waals surface area contributed by atoms with Gasteiger partial charge in [-0.1, -0.05) is 0 Å². The van der Waals surface area contributed by atoms with E-state index in [-0.39, 0.29) is 11.5 Å². The topological polar surface area (TPSA) is 43.4 Å². The van der Waals surface area contributed by atoms with Gasteiger partial charge >= 0.3 is 0 Å². The van der Waals surface area contributed by atoms with Crippen LogP contribution in [0.5, 0.6) is 5.75 Å². The van der Waals surface area contributed by atoms with Gasteiger partial charge in [-0.05, 0) is 55.5 Å². The third kappa shape index (κ3) is 4.23. The van der Waals surface area contributed by atoms with Crippen LogP contribution in [0.4, 0.5) is 4.39 Å². The number of ether oxygens (including phenoxy) is 1. The molecule has 1 atom stereocenters. The summed E-state index contributed by atoms with van der Waals surface area (Å²) >= 11 is 0. The van der Waals surface area contributed by atoms with Gasteiger partial charge in [-0.3, -0.25) is 9.00 Å². The van der Waals surface area contributed by atoms with E-state index in [1.54, 1.807) is 24.3 Å². The number of rotatable bonds is 6. The Kier molecular flexibility index (Phi) is 5.22. The highest BCUT2D eigenvalue weighted by Crippen LogP contribution is 2.14. The predicted octanol–water partition coefficient (Wildman–Crippen LogP) is 3.21. The van der Waals surface area contributed by atoms with Crippen LogP contribution in [0, 0.1) is 5.82 Å². The van der Waals surface area contributed by atoms with E-state index in [2.05, 4.69) is 0 Å². The Labute approximate surface area is 125 Å². The molecule has 0 radical (unpaired) electrons. The molecule has 2 aromatic rings. The minimum atomic E-state index is -1.48. The lowest BCUT2D eigenvalue weighted by molar-refractivity contribution is 0.102. The van der Waals surface area contributed by atoms with Crippen LogP contribution in [0.3, 0.4) is 0 Å². The fraction of sp³-hybridized carbons (Fsp3) is 0.188. The van der Waals surface area contributed by atoms with Crippen LogP contribution in [-0.4, -0.2) is 22.4 Å². The maximum atomic E-state index is 12.8. The van der Waals surface area contributed by atoms with Gasteiger partial charge in [0.05, 0.1) is 23.2 Å². The number of ketones is 1. The quantitative estimate of drug-likeness (QED) is 0.770. The molecular formula is C16H15FO3S. The zero-order valence-electron chi connectivity index (χ0n) is 11.5. The number of carbonyl (C=O) groups is 1. The van der Waals surface area contributed by atoms with E-state index in [0.29, 0.717) is 22.8 Å². The van der Waals surface area contributed by atoms with Gasteiger partial charge in [0, 0.05) is 10.5 Å². The van der Waals surface area contributed by atoms with E-state index in [4.69, 9.17) is 4.74 Å². The van der Waals surface area contributed by atoms with Gasteiger partial charge in [-0.15, -0.1) is 0 Å². The summed E-state index contributed by atoms with van der Waals surface area (Å²) in [6, 6.07) is 12.0. The van der Waals surface area contributed by atoms with Crippen molar-refractivity contribution in [3.05, 3.63) is 59.9 Å². The van der Waals surface area contributed by atoms with Crippen LogP contribution in [0.1, 0.15) is 17.3 Å².